The summed E-state index contributed by atoms with van der Waals surface area (Å²) in [7, 11) is 0. The van der Waals surface area contributed by atoms with Gasteiger partial charge in [0.2, 0.25) is 5.95 Å². The summed E-state index contributed by atoms with van der Waals surface area (Å²) in [6.07, 6.45) is 0.693. The minimum absolute atomic E-state index is 0.205. The van der Waals surface area contributed by atoms with Crippen molar-refractivity contribution in [2.45, 2.75) is 6.42 Å². The highest BCUT2D eigenvalue weighted by Gasteiger charge is 2.28. The number of hydrogen-bond acceptors (Lipinski definition) is 4. The second kappa shape index (κ2) is 4.71. The lowest BCUT2D eigenvalue weighted by Gasteiger charge is -2.13. The Balaban J connectivity index is 2.07. The van der Waals surface area contributed by atoms with E-state index < -0.39 is 0 Å². The molecule has 4 N–H and O–H groups in total. The molecule has 0 saturated carbocycles. The van der Waals surface area contributed by atoms with Crippen LogP contribution in [0.15, 0.2) is 42.5 Å². The van der Waals surface area contributed by atoms with Gasteiger partial charge in [0.05, 0.1) is 5.69 Å². The molecule has 1 aliphatic carbocycles. The molecule has 0 amide bonds. The van der Waals surface area contributed by atoms with Gasteiger partial charge < -0.3 is 11.5 Å². The number of anilines is 2. The monoisotopic (exact) mass is 308 g/mol. The third kappa shape index (κ3) is 1.84. The first-order valence-electron chi connectivity index (χ1n) is 6.94. The number of rotatable bonds is 1. The number of halogens is 1. The molecule has 0 fully saturated rings. The first kappa shape index (κ1) is 13.1. The zero-order chi connectivity index (χ0) is 15.3. The van der Waals surface area contributed by atoms with Crippen LogP contribution in [-0.4, -0.2) is 9.97 Å². The zero-order valence-electron chi connectivity index (χ0n) is 11.7. The van der Waals surface area contributed by atoms with E-state index in [0.717, 1.165) is 33.5 Å². The molecule has 0 unspecified atom stereocenters. The minimum atomic E-state index is 0.205. The average Bonchev–Trinajstić information content (AvgIpc) is 2.86. The van der Waals surface area contributed by atoms with Gasteiger partial charge in [0.15, 0.2) is 0 Å². The summed E-state index contributed by atoms with van der Waals surface area (Å²) in [4.78, 5) is 8.45. The van der Waals surface area contributed by atoms with Crippen molar-refractivity contribution in [3.05, 3.63) is 58.7 Å². The Morgan fingerprint density at radius 3 is 2.41 bits per heavy atom. The van der Waals surface area contributed by atoms with Crippen molar-refractivity contribution in [1.29, 1.82) is 0 Å². The molecule has 0 bridgehead atoms. The fourth-order valence-electron chi connectivity index (χ4n) is 3.07. The molecule has 2 aromatic carbocycles. The van der Waals surface area contributed by atoms with Gasteiger partial charge in [-0.3, -0.25) is 0 Å². The molecule has 4 rings (SSSR count). The number of nitrogen functional groups attached to an aromatic ring is 2. The smallest absolute Gasteiger partial charge is 0.222 e. The standard InChI is InChI=1S/C17H13ClN4/c18-11-7-6-10-8-12-15(16(19)22-17(20)21-12)14(10)13(11)9-4-2-1-3-5-9/h1-7H,8H2,(H4,19,20,21,22). The second-order valence-electron chi connectivity index (χ2n) is 5.29. The Morgan fingerprint density at radius 2 is 1.64 bits per heavy atom. The van der Waals surface area contributed by atoms with Crippen LogP contribution in [0, 0.1) is 0 Å². The number of benzene rings is 2. The van der Waals surface area contributed by atoms with Gasteiger partial charge >= 0.3 is 0 Å². The van der Waals surface area contributed by atoms with Gasteiger partial charge in [-0.1, -0.05) is 48.0 Å². The van der Waals surface area contributed by atoms with Crippen LogP contribution in [0.1, 0.15) is 11.3 Å². The zero-order valence-corrected chi connectivity index (χ0v) is 12.4. The van der Waals surface area contributed by atoms with Gasteiger partial charge in [0.25, 0.3) is 0 Å². The highest BCUT2D eigenvalue weighted by atomic mass is 35.5. The van der Waals surface area contributed by atoms with Crippen molar-refractivity contribution >= 4 is 23.4 Å². The van der Waals surface area contributed by atoms with Crippen LogP contribution in [0.3, 0.4) is 0 Å². The Hall–Kier alpha value is -2.59. The number of nitrogens with zero attached hydrogens (tertiary/aromatic N) is 2. The molecule has 0 spiro atoms. The first-order chi connectivity index (χ1) is 10.6. The summed E-state index contributed by atoms with van der Waals surface area (Å²) in [5, 5.41) is 0.689. The third-order valence-electron chi connectivity index (χ3n) is 3.94. The molecular weight excluding hydrogens is 296 g/mol. The number of fused-ring (bicyclic) bond motifs is 3. The summed E-state index contributed by atoms with van der Waals surface area (Å²) in [6.45, 7) is 0. The molecule has 0 aliphatic heterocycles. The molecule has 1 heterocycles. The summed E-state index contributed by atoms with van der Waals surface area (Å²) < 4.78 is 0. The maximum absolute atomic E-state index is 6.49. The van der Waals surface area contributed by atoms with E-state index in [1.165, 1.54) is 0 Å². The van der Waals surface area contributed by atoms with Gasteiger partial charge in [-0.15, -0.1) is 0 Å². The maximum Gasteiger partial charge on any atom is 0.222 e. The molecule has 5 heteroatoms. The van der Waals surface area contributed by atoms with E-state index in [0.29, 0.717) is 17.3 Å². The third-order valence-corrected chi connectivity index (χ3v) is 4.26. The number of hydrogen-bond donors (Lipinski definition) is 2. The normalized spacial score (nSPS) is 12.0. The van der Waals surface area contributed by atoms with E-state index in [1.807, 2.05) is 42.5 Å². The van der Waals surface area contributed by atoms with Gasteiger partial charge in [0.1, 0.15) is 5.82 Å². The molecule has 0 atom stereocenters. The van der Waals surface area contributed by atoms with Crippen molar-refractivity contribution in [1.82, 2.24) is 9.97 Å². The quantitative estimate of drug-likeness (QED) is 0.564. The number of aromatic nitrogens is 2. The lowest BCUT2D eigenvalue weighted by atomic mass is 9.94. The second-order valence-corrected chi connectivity index (χ2v) is 5.70. The summed E-state index contributed by atoms with van der Waals surface area (Å²) in [5.41, 5.74) is 17.7. The molecule has 108 valence electrons. The van der Waals surface area contributed by atoms with Crippen LogP contribution in [0.5, 0.6) is 0 Å². The summed E-state index contributed by atoms with van der Waals surface area (Å²) in [6, 6.07) is 14.0. The molecule has 0 saturated heterocycles. The van der Waals surface area contributed by atoms with Gasteiger partial charge in [-0.05, 0) is 17.2 Å². The van der Waals surface area contributed by atoms with Gasteiger partial charge in [-0.2, -0.15) is 4.98 Å². The molecule has 1 aromatic heterocycles. The van der Waals surface area contributed by atoms with Crippen molar-refractivity contribution in [3.63, 3.8) is 0 Å². The highest BCUT2D eigenvalue weighted by Crippen LogP contribution is 2.47. The molecule has 22 heavy (non-hydrogen) atoms. The van der Waals surface area contributed by atoms with Crippen molar-refractivity contribution in [2.24, 2.45) is 0 Å². The van der Waals surface area contributed by atoms with E-state index in [-0.39, 0.29) is 5.95 Å². The van der Waals surface area contributed by atoms with Crippen LogP contribution in [0.25, 0.3) is 22.3 Å². The SMILES string of the molecule is Nc1nc(N)c2c(n1)Cc1ccc(Cl)c(-c3ccccc3)c1-2. The maximum atomic E-state index is 6.49. The Labute approximate surface area is 132 Å². The first-order valence-corrected chi connectivity index (χ1v) is 7.32. The molecule has 4 nitrogen and oxygen atoms in total. The molecule has 1 aliphatic rings. The van der Waals surface area contributed by atoms with Crippen molar-refractivity contribution in [3.8, 4) is 22.3 Å². The van der Waals surface area contributed by atoms with Crippen LogP contribution in [-0.2, 0) is 6.42 Å². The molecule has 3 aromatic rings. The van der Waals surface area contributed by atoms with E-state index in [4.69, 9.17) is 23.1 Å². The summed E-state index contributed by atoms with van der Waals surface area (Å²) in [5.74, 6) is 0.608. The molecular formula is C17H13ClN4. The number of nitrogens with two attached hydrogens (primary N) is 2. The fourth-order valence-corrected chi connectivity index (χ4v) is 3.33. The van der Waals surface area contributed by atoms with E-state index in [9.17, 15) is 0 Å². The fraction of sp³-hybridized carbons (Fsp3) is 0.0588. The Morgan fingerprint density at radius 1 is 0.864 bits per heavy atom. The van der Waals surface area contributed by atoms with Gasteiger partial charge in [0, 0.05) is 28.1 Å². The lowest BCUT2D eigenvalue weighted by Crippen LogP contribution is -2.03. The largest absolute Gasteiger partial charge is 0.383 e. The lowest BCUT2D eigenvalue weighted by molar-refractivity contribution is 1.09. The van der Waals surface area contributed by atoms with E-state index >= 15 is 0 Å². The van der Waals surface area contributed by atoms with E-state index in [1.54, 1.807) is 0 Å². The van der Waals surface area contributed by atoms with Crippen molar-refractivity contribution < 1.29 is 0 Å². The predicted molar refractivity (Wildman–Crippen MR) is 89.5 cm³/mol. The molecule has 0 radical (unpaired) electrons. The van der Waals surface area contributed by atoms with Crippen LogP contribution >= 0.6 is 11.6 Å². The Kier molecular flexibility index (Phi) is 2.81. The predicted octanol–water partition coefficient (Wildman–Crippen LogP) is 3.53. The van der Waals surface area contributed by atoms with Crippen LogP contribution < -0.4 is 11.5 Å². The minimum Gasteiger partial charge on any atom is -0.383 e. The topological polar surface area (TPSA) is 77.8 Å². The van der Waals surface area contributed by atoms with Crippen molar-refractivity contribution in [2.75, 3.05) is 11.5 Å². The van der Waals surface area contributed by atoms with Crippen LogP contribution in [0.4, 0.5) is 11.8 Å². The average molecular weight is 309 g/mol. The van der Waals surface area contributed by atoms with E-state index in [2.05, 4.69) is 9.97 Å². The van der Waals surface area contributed by atoms with Gasteiger partial charge in [-0.25, -0.2) is 4.98 Å². The highest BCUT2D eigenvalue weighted by molar-refractivity contribution is 6.34. The summed E-state index contributed by atoms with van der Waals surface area (Å²) >= 11 is 6.49. The van der Waals surface area contributed by atoms with Crippen LogP contribution in [0.2, 0.25) is 5.02 Å². The Bertz CT molecular complexity index is 891.